The first-order valence-corrected chi connectivity index (χ1v) is 5.63. The van der Waals surface area contributed by atoms with Gasteiger partial charge in [0.15, 0.2) is 0 Å². The van der Waals surface area contributed by atoms with Gasteiger partial charge in [-0.3, -0.25) is 4.90 Å². The molecule has 2 heteroatoms. The quantitative estimate of drug-likeness (QED) is 0.675. The molecule has 0 radical (unpaired) electrons. The zero-order chi connectivity index (χ0) is 10.6. The van der Waals surface area contributed by atoms with Gasteiger partial charge in [0.1, 0.15) is 0 Å². The van der Waals surface area contributed by atoms with Gasteiger partial charge in [-0.05, 0) is 32.2 Å². The summed E-state index contributed by atoms with van der Waals surface area (Å²) in [5.41, 5.74) is 0.466. The summed E-state index contributed by atoms with van der Waals surface area (Å²) in [5.74, 6) is 0. The zero-order valence-corrected chi connectivity index (χ0v) is 9.84. The predicted molar refractivity (Wildman–Crippen MR) is 62.5 cm³/mol. The summed E-state index contributed by atoms with van der Waals surface area (Å²) in [6.45, 7) is 15.3. The standard InChI is InChI=1S/C12H24N2/c1-5-8-14(11(2)3)10-12(4)6-7-13-9-12/h5,11,13H,1,6-10H2,2-4H3. The average molecular weight is 196 g/mol. The average Bonchev–Trinajstić information content (AvgIpc) is 2.51. The second-order valence-corrected chi connectivity index (χ2v) is 5.05. The minimum Gasteiger partial charge on any atom is -0.316 e. The van der Waals surface area contributed by atoms with Crippen LogP contribution in [-0.2, 0) is 0 Å². The molecule has 0 aliphatic carbocycles. The first-order valence-electron chi connectivity index (χ1n) is 5.63. The normalized spacial score (nSPS) is 27.5. The Morgan fingerprint density at radius 3 is 2.71 bits per heavy atom. The Balaban J connectivity index is 2.49. The van der Waals surface area contributed by atoms with Crippen molar-refractivity contribution in [3.05, 3.63) is 12.7 Å². The highest BCUT2D eigenvalue weighted by molar-refractivity contribution is 4.89. The maximum Gasteiger partial charge on any atom is 0.0163 e. The molecule has 0 aromatic carbocycles. The van der Waals surface area contributed by atoms with E-state index in [2.05, 4.69) is 37.6 Å². The van der Waals surface area contributed by atoms with E-state index in [1.807, 2.05) is 6.08 Å². The fraction of sp³-hybridized carbons (Fsp3) is 0.833. The van der Waals surface area contributed by atoms with Crippen LogP contribution in [0.5, 0.6) is 0 Å². The van der Waals surface area contributed by atoms with Gasteiger partial charge in [-0.15, -0.1) is 6.58 Å². The van der Waals surface area contributed by atoms with E-state index >= 15 is 0 Å². The molecule has 0 amide bonds. The van der Waals surface area contributed by atoms with Crippen molar-refractivity contribution in [2.45, 2.75) is 33.2 Å². The third kappa shape index (κ3) is 3.10. The van der Waals surface area contributed by atoms with Crippen LogP contribution < -0.4 is 5.32 Å². The molecule has 0 aromatic heterocycles. The highest BCUT2D eigenvalue weighted by Gasteiger charge is 2.30. The maximum absolute atomic E-state index is 3.82. The smallest absolute Gasteiger partial charge is 0.0163 e. The molecular weight excluding hydrogens is 172 g/mol. The van der Waals surface area contributed by atoms with Gasteiger partial charge >= 0.3 is 0 Å². The van der Waals surface area contributed by atoms with Gasteiger partial charge in [0.25, 0.3) is 0 Å². The summed E-state index contributed by atoms with van der Waals surface area (Å²) in [6, 6.07) is 0.616. The molecule has 1 aliphatic heterocycles. The van der Waals surface area contributed by atoms with E-state index in [9.17, 15) is 0 Å². The van der Waals surface area contributed by atoms with Crippen LogP contribution in [-0.4, -0.2) is 37.1 Å². The molecule has 2 nitrogen and oxygen atoms in total. The van der Waals surface area contributed by atoms with Gasteiger partial charge in [-0.25, -0.2) is 0 Å². The molecule has 1 N–H and O–H groups in total. The molecule has 1 aliphatic rings. The Labute approximate surface area is 88.4 Å². The van der Waals surface area contributed by atoms with Crippen LogP contribution in [0.2, 0.25) is 0 Å². The predicted octanol–water partition coefficient (Wildman–Crippen LogP) is 1.88. The number of nitrogens with one attached hydrogen (secondary N) is 1. The zero-order valence-electron chi connectivity index (χ0n) is 9.84. The van der Waals surface area contributed by atoms with Crippen LogP contribution in [0.25, 0.3) is 0 Å². The van der Waals surface area contributed by atoms with Gasteiger partial charge in [0.05, 0.1) is 0 Å². The Morgan fingerprint density at radius 2 is 2.29 bits per heavy atom. The van der Waals surface area contributed by atoms with Gasteiger partial charge in [-0.2, -0.15) is 0 Å². The molecule has 14 heavy (non-hydrogen) atoms. The van der Waals surface area contributed by atoms with Crippen LogP contribution in [0.4, 0.5) is 0 Å². The number of hydrogen-bond donors (Lipinski definition) is 1. The lowest BCUT2D eigenvalue weighted by Crippen LogP contribution is -2.41. The Kier molecular flexibility index (Phi) is 4.14. The Hall–Kier alpha value is -0.340. The summed E-state index contributed by atoms with van der Waals surface area (Å²) in [4.78, 5) is 2.50. The van der Waals surface area contributed by atoms with E-state index < -0.39 is 0 Å². The molecule has 82 valence electrons. The molecule has 0 spiro atoms. The fourth-order valence-electron chi connectivity index (χ4n) is 2.12. The van der Waals surface area contributed by atoms with Crippen molar-refractivity contribution in [3.63, 3.8) is 0 Å². The van der Waals surface area contributed by atoms with Crippen molar-refractivity contribution in [2.75, 3.05) is 26.2 Å². The van der Waals surface area contributed by atoms with Gasteiger partial charge in [-0.1, -0.05) is 13.0 Å². The molecule has 0 aromatic rings. The van der Waals surface area contributed by atoms with Crippen molar-refractivity contribution in [1.29, 1.82) is 0 Å². The van der Waals surface area contributed by atoms with E-state index in [4.69, 9.17) is 0 Å². The largest absolute Gasteiger partial charge is 0.316 e. The molecular formula is C12H24N2. The third-order valence-corrected chi connectivity index (χ3v) is 3.14. The Morgan fingerprint density at radius 1 is 1.57 bits per heavy atom. The van der Waals surface area contributed by atoms with Crippen LogP contribution in [0.3, 0.4) is 0 Å². The molecule has 1 heterocycles. The summed E-state index contributed by atoms with van der Waals surface area (Å²) >= 11 is 0. The van der Waals surface area contributed by atoms with Gasteiger partial charge < -0.3 is 5.32 Å². The first-order chi connectivity index (χ1) is 6.57. The lowest BCUT2D eigenvalue weighted by molar-refractivity contribution is 0.159. The fourth-order valence-corrected chi connectivity index (χ4v) is 2.12. The molecule has 0 saturated carbocycles. The first kappa shape index (κ1) is 11.7. The van der Waals surface area contributed by atoms with Crippen molar-refractivity contribution in [2.24, 2.45) is 5.41 Å². The monoisotopic (exact) mass is 196 g/mol. The molecule has 1 saturated heterocycles. The molecule has 1 rings (SSSR count). The number of hydrogen-bond acceptors (Lipinski definition) is 2. The maximum atomic E-state index is 3.82. The van der Waals surface area contributed by atoms with Crippen LogP contribution in [0.15, 0.2) is 12.7 Å². The minimum absolute atomic E-state index is 0.466. The molecule has 1 atom stereocenters. The SMILES string of the molecule is C=CCN(CC1(C)CCNC1)C(C)C. The lowest BCUT2D eigenvalue weighted by atomic mass is 9.89. The van der Waals surface area contributed by atoms with Crippen LogP contribution >= 0.6 is 0 Å². The van der Waals surface area contributed by atoms with Gasteiger partial charge in [0.2, 0.25) is 0 Å². The van der Waals surface area contributed by atoms with E-state index in [0.717, 1.165) is 13.1 Å². The Bertz CT molecular complexity index is 181. The highest BCUT2D eigenvalue weighted by atomic mass is 15.2. The summed E-state index contributed by atoms with van der Waals surface area (Å²) in [7, 11) is 0. The summed E-state index contributed by atoms with van der Waals surface area (Å²) in [6.07, 6.45) is 3.30. The molecule has 1 fully saturated rings. The van der Waals surface area contributed by atoms with Crippen molar-refractivity contribution >= 4 is 0 Å². The van der Waals surface area contributed by atoms with E-state index in [1.165, 1.54) is 19.5 Å². The number of nitrogens with zero attached hydrogens (tertiary/aromatic N) is 1. The highest BCUT2D eigenvalue weighted by Crippen LogP contribution is 2.26. The van der Waals surface area contributed by atoms with E-state index in [1.54, 1.807) is 0 Å². The van der Waals surface area contributed by atoms with Gasteiger partial charge in [0, 0.05) is 25.7 Å². The van der Waals surface area contributed by atoms with E-state index in [-0.39, 0.29) is 0 Å². The molecule has 1 unspecified atom stereocenters. The second-order valence-electron chi connectivity index (χ2n) is 5.05. The lowest BCUT2D eigenvalue weighted by Gasteiger charge is -2.33. The number of rotatable bonds is 5. The summed E-state index contributed by atoms with van der Waals surface area (Å²) in [5, 5.41) is 3.45. The minimum atomic E-state index is 0.466. The van der Waals surface area contributed by atoms with E-state index in [0.29, 0.717) is 11.5 Å². The van der Waals surface area contributed by atoms with Crippen molar-refractivity contribution < 1.29 is 0 Å². The second kappa shape index (κ2) is 4.94. The molecule has 0 bridgehead atoms. The van der Waals surface area contributed by atoms with Crippen LogP contribution in [0.1, 0.15) is 27.2 Å². The van der Waals surface area contributed by atoms with Crippen molar-refractivity contribution in [3.8, 4) is 0 Å². The topological polar surface area (TPSA) is 15.3 Å². The summed E-state index contributed by atoms with van der Waals surface area (Å²) < 4.78 is 0. The third-order valence-electron chi connectivity index (χ3n) is 3.14. The van der Waals surface area contributed by atoms with Crippen LogP contribution in [0, 0.1) is 5.41 Å². The van der Waals surface area contributed by atoms with Crippen molar-refractivity contribution in [1.82, 2.24) is 10.2 Å².